The average Bonchev–Trinajstić information content (AvgIpc) is 3.16. The first-order valence-electron chi connectivity index (χ1n) is 15.1. The van der Waals surface area contributed by atoms with Crippen molar-refractivity contribution < 1.29 is 19.4 Å². The van der Waals surface area contributed by atoms with Gasteiger partial charge in [-0.2, -0.15) is 0 Å². The Labute approximate surface area is 220 Å². The van der Waals surface area contributed by atoms with Gasteiger partial charge in [0, 0.05) is 5.97 Å². The summed E-state index contributed by atoms with van der Waals surface area (Å²) in [5, 5.41) is 10.7. The lowest BCUT2D eigenvalue weighted by Crippen LogP contribution is -2.53. The number of ether oxygens (including phenoxy) is 1. The van der Waals surface area contributed by atoms with Crippen molar-refractivity contribution in [1.82, 2.24) is 0 Å². The molecule has 4 heteroatoms. The van der Waals surface area contributed by atoms with E-state index in [9.17, 15) is 14.7 Å². The van der Waals surface area contributed by atoms with E-state index in [-0.39, 0.29) is 30.3 Å². The van der Waals surface area contributed by atoms with Gasteiger partial charge in [-0.05, 0) is 104 Å². The quantitative estimate of drug-likeness (QED) is 0.261. The third-order valence-corrected chi connectivity index (χ3v) is 11.6. The molecule has 36 heavy (non-hydrogen) atoms. The van der Waals surface area contributed by atoms with Crippen LogP contribution in [0.3, 0.4) is 0 Å². The molecule has 1 unspecified atom stereocenters. The maximum Gasteiger partial charge on any atom is 0.306 e. The Morgan fingerprint density at radius 3 is 2.39 bits per heavy atom. The second kappa shape index (κ2) is 10.8. The van der Waals surface area contributed by atoms with Crippen molar-refractivity contribution in [2.75, 3.05) is 0 Å². The largest absolute Gasteiger partial charge is 0.550 e. The van der Waals surface area contributed by atoms with Gasteiger partial charge >= 0.3 is 5.97 Å². The minimum absolute atomic E-state index is 0.0858. The van der Waals surface area contributed by atoms with E-state index in [1.807, 2.05) is 0 Å². The van der Waals surface area contributed by atoms with Crippen molar-refractivity contribution in [1.29, 1.82) is 0 Å². The van der Waals surface area contributed by atoms with Crippen LogP contribution in [0.15, 0.2) is 11.6 Å². The maximum absolute atomic E-state index is 12.2. The number of fused-ring (bicyclic) bond motifs is 5. The van der Waals surface area contributed by atoms with Crippen LogP contribution in [-0.4, -0.2) is 18.0 Å². The van der Waals surface area contributed by atoms with Crippen LogP contribution < -0.4 is 5.11 Å². The number of carboxylic acid groups (broad SMARTS) is 1. The summed E-state index contributed by atoms with van der Waals surface area (Å²) < 4.78 is 5.81. The van der Waals surface area contributed by atoms with Gasteiger partial charge in [0.25, 0.3) is 0 Å². The van der Waals surface area contributed by atoms with Gasteiger partial charge < -0.3 is 14.6 Å². The summed E-state index contributed by atoms with van der Waals surface area (Å²) in [7, 11) is 0. The third kappa shape index (κ3) is 5.17. The molecule has 0 N–H and O–H groups in total. The molecule has 4 aliphatic carbocycles. The number of carbonyl (C=O) groups excluding carboxylic acids is 2. The molecule has 4 rings (SSSR count). The molecular formula is C32H51O4-. The van der Waals surface area contributed by atoms with Crippen molar-refractivity contribution in [3.63, 3.8) is 0 Å². The van der Waals surface area contributed by atoms with E-state index in [1.54, 1.807) is 5.57 Å². The molecule has 204 valence electrons. The van der Waals surface area contributed by atoms with Crippen LogP contribution in [0.2, 0.25) is 0 Å². The summed E-state index contributed by atoms with van der Waals surface area (Å²) in [4.78, 5) is 23.0. The van der Waals surface area contributed by atoms with Gasteiger partial charge in [0.1, 0.15) is 6.10 Å². The van der Waals surface area contributed by atoms with Gasteiger partial charge in [-0.25, -0.2) is 0 Å². The fraction of sp³-hybridized carbons (Fsp3) is 0.875. The summed E-state index contributed by atoms with van der Waals surface area (Å²) in [6, 6.07) is 0. The summed E-state index contributed by atoms with van der Waals surface area (Å²) in [6.07, 6.45) is 14.8. The second-order valence-electron chi connectivity index (χ2n) is 14.0. The van der Waals surface area contributed by atoms with Crippen molar-refractivity contribution in [2.45, 2.75) is 125 Å². The lowest BCUT2D eigenvalue weighted by molar-refractivity contribution is -0.305. The highest BCUT2D eigenvalue weighted by Gasteiger charge is 2.59. The molecule has 0 bridgehead atoms. The van der Waals surface area contributed by atoms with Crippen molar-refractivity contribution in [2.24, 2.45) is 52.3 Å². The molecule has 0 aromatic heterocycles. The first-order valence-corrected chi connectivity index (χ1v) is 15.1. The molecular weight excluding hydrogens is 448 g/mol. The van der Waals surface area contributed by atoms with Crippen LogP contribution in [-0.2, 0) is 14.3 Å². The fourth-order valence-corrected chi connectivity index (χ4v) is 9.55. The van der Waals surface area contributed by atoms with Gasteiger partial charge in [-0.3, -0.25) is 4.79 Å². The molecule has 4 aliphatic rings. The highest BCUT2D eigenvalue weighted by molar-refractivity contribution is 5.75. The molecule has 0 aromatic rings. The Hall–Kier alpha value is -1.32. The van der Waals surface area contributed by atoms with E-state index in [1.165, 1.54) is 44.9 Å². The standard InChI is InChI=1S/C32H52O4/c1-20(2)8-7-9-21(3)24-12-13-26-23-10-11-25-22(4)28(36-30(35)15-14-29(33)34)17-19-32(25,6)27(23)16-18-31(24,26)5/h10,20-22,24-28H,7-9,11-19H2,1-6H3,(H,33,34)/p-1/t21-,22+,24-,25?,26+,27+,28+,31-,32+/m1/s1. The zero-order valence-electron chi connectivity index (χ0n) is 23.8. The Balaban J connectivity index is 1.44. The van der Waals surface area contributed by atoms with Crippen LogP contribution in [0.25, 0.3) is 0 Å². The molecule has 0 heterocycles. The highest BCUT2D eigenvalue weighted by Crippen LogP contribution is 2.67. The molecule has 9 atom stereocenters. The zero-order chi connectivity index (χ0) is 26.3. The van der Waals surface area contributed by atoms with Crippen LogP contribution in [0.5, 0.6) is 0 Å². The van der Waals surface area contributed by atoms with E-state index >= 15 is 0 Å². The Kier molecular flexibility index (Phi) is 8.32. The number of carboxylic acids is 1. The number of carbonyl (C=O) groups is 2. The second-order valence-corrected chi connectivity index (χ2v) is 14.0. The van der Waals surface area contributed by atoms with E-state index < -0.39 is 5.97 Å². The van der Waals surface area contributed by atoms with Gasteiger partial charge in [0.2, 0.25) is 0 Å². The number of aliphatic carboxylic acids is 1. The molecule has 3 fully saturated rings. The maximum atomic E-state index is 12.2. The summed E-state index contributed by atoms with van der Waals surface area (Å²) in [6.45, 7) is 14.6. The lowest BCUT2D eigenvalue weighted by Gasteiger charge is -2.59. The number of hydrogen-bond acceptors (Lipinski definition) is 4. The molecule has 0 radical (unpaired) electrons. The van der Waals surface area contributed by atoms with E-state index in [0.717, 1.165) is 42.9 Å². The molecule has 0 spiro atoms. The fourth-order valence-electron chi connectivity index (χ4n) is 9.55. The predicted molar refractivity (Wildman–Crippen MR) is 142 cm³/mol. The minimum atomic E-state index is -1.19. The lowest BCUT2D eigenvalue weighted by atomic mass is 9.46. The smallest absolute Gasteiger partial charge is 0.306 e. The summed E-state index contributed by atoms with van der Waals surface area (Å²) >= 11 is 0. The molecule has 0 aromatic carbocycles. The SMILES string of the molecule is CC(C)CCC[C@@H](C)[C@H]1CC[C@H]2C3=CCC4[C@H](C)[C@@H](OC(=O)CCC(=O)[O-])CC[C@]4(C)[C@H]3CC[C@]12C. The molecule has 0 aliphatic heterocycles. The Morgan fingerprint density at radius 2 is 1.69 bits per heavy atom. The number of esters is 1. The average molecular weight is 500 g/mol. The van der Waals surface area contributed by atoms with Crippen LogP contribution in [0.4, 0.5) is 0 Å². The third-order valence-electron chi connectivity index (χ3n) is 11.6. The van der Waals surface area contributed by atoms with Crippen LogP contribution >= 0.6 is 0 Å². The highest BCUT2D eigenvalue weighted by atomic mass is 16.5. The van der Waals surface area contributed by atoms with Crippen LogP contribution in [0, 0.1) is 52.3 Å². The predicted octanol–water partition coefficient (Wildman–Crippen LogP) is 6.72. The monoisotopic (exact) mass is 499 g/mol. The summed E-state index contributed by atoms with van der Waals surface area (Å²) in [5.74, 6) is 3.16. The molecule has 0 amide bonds. The molecule has 4 nitrogen and oxygen atoms in total. The molecule has 0 saturated heterocycles. The first kappa shape index (κ1) is 27.7. The molecule has 3 saturated carbocycles. The summed E-state index contributed by atoms with van der Waals surface area (Å²) in [5.41, 5.74) is 2.52. The van der Waals surface area contributed by atoms with Gasteiger partial charge in [-0.1, -0.05) is 72.5 Å². The zero-order valence-corrected chi connectivity index (χ0v) is 23.8. The van der Waals surface area contributed by atoms with E-state index in [0.29, 0.717) is 23.2 Å². The van der Waals surface area contributed by atoms with E-state index in [2.05, 4.69) is 47.6 Å². The van der Waals surface area contributed by atoms with Crippen molar-refractivity contribution in [3.8, 4) is 0 Å². The van der Waals surface area contributed by atoms with Gasteiger partial charge in [0.15, 0.2) is 0 Å². The van der Waals surface area contributed by atoms with Crippen molar-refractivity contribution in [3.05, 3.63) is 11.6 Å². The van der Waals surface area contributed by atoms with E-state index in [4.69, 9.17) is 4.74 Å². The Morgan fingerprint density at radius 1 is 1.00 bits per heavy atom. The normalized spacial score (nSPS) is 40.6. The number of hydrogen-bond donors (Lipinski definition) is 0. The van der Waals surface area contributed by atoms with Gasteiger partial charge in [0.05, 0.1) is 6.42 Å². The first-order chi connectivity index (χ1) is 17.0. The topological polar surface area (TPSA) is 66.4 Å². The number of rotatable bonds is 9. The Bertz CT molecular complexity index is 845. The minimum Gasteiger partial charge on any atom is -0.550 e. The van der Waals surface area contributed by atoms with Gasteiger partial charge in [-0.15, -0.1) is 0 Å². The van der Waals surface area contributed by atoms with Crippen molar-refractivity contribution >= 4 is 11.9 Å². The number of allylic oxidation sites excluding steroid dienone is 2. The van der Waals surface area contributed by atoms with Crippen LogP contribution in [0.1, 0.15) is 119 Å².